The van der Waals surface area contributed by atoms with Crippen molar-refractivity contribution in [2.75, 3.05) is 0 Å². The first-order valence-electron chi connectivity index (χ1n) is 7.75. The molecule has 0 aromatic heterocycles. The van der Waals surface area contributed by atoms with E-state index in [1.165, 1.54) is 24.3 Å². The van der Waals surface area contributed by atoms with Crippen LogP contribution in [0.5, 0.6) is 5.75 Å². The number of hydrogen-bond donors (Lipinski definition) is 1. The number of benzene rings is 2. The molecule has 2 aromatic rings. The molecule has 0 aliphatic rings. The standard InChI is InChI=1S/C18H21NO4S/c1-4-14-5-9-16(10-6-14)23-18(20)15-7-11-17(12-8-15)24(21,22)19-13(2)3/h5-13,19H,4H2,1-3H3. The van der Waals surface area contributed by atoms with Crippen LogP contribution < -0.4 is 9.46 Å². The molecule has 0 aliphatic heterocycles. The molecule has 0 saturated heterocycles. The number of carbonyl (C=O) groups excluding carboxylic acids is 1. The zero-order chi connectivity index (χ0) is 17.7. The highest BCUT2D eigenvalue weighted by Gasteiger charge is 2.16. The Bertz CT molecular complexity index is 794. The average molecular weight is 347 g/mol. The Hall–Kier alpha value is -2.18. The van der Waals surface area contributed by atoms with E-state index in [9.17, 15) is 13.2 Å². The molecule has 0 unspecified atom stereocenters. The maximum Gasteiger partial charge on any atom is 0.343 e. The van der Waals surface area contributed by atoms with E-state index in [-0.39, 0.29) is 16.5 Å². The van der Waals surface area contributed by atoms with Crippen molar-refractivity contribution in [2.45, 2.75) is 38.1 Å². The molecule has 0 atom stereocenters. The molecule has 0 bridgehead atoms. The third-order valence-electron chi connectivity index (χ3n) is 3.33. The maximum absolute atomic E-state index is 12.1. The molecule has 24 heavy (non-hydrogen) atoms. The highest BCUT2D eigenvalue weighted by molar-refractivity contribution is 7.89. The first-order chi connectivity index (χ1) is 11.3. The summed E-state index contributed by atoms with van der Waals surface area (Å²) in [5.41, 5.74) is 1.44. The largest absolute Gasteiger partial charge is 0.423 e. The van der Waals surface area contributed by atoms with Gasteiger partial charge in [0.05, 0.1) is 10.5 Å². The summed E-state index contributed by atoms with van der Waals surface area (Å²) in [6.45, 7) is 5.53. The number of aryl methyl sites for hydroxylation is 1. The Morgan fingerprint density at radius 1 is 1.04 bits per heavy atom. The zero-order valence-electron chi connectivity index (χ0n) is 13.9. The lowest BCUT2D eigenvalue weighted by atomic mass is 10.2. The van der Waals surface area contributed by atoms with Gasteiger partial charge in [0.15, 0.2) is 0 Å². The molecule has 5 nitrogen and oxygen atoms in total. The molecular weight excluding hydrogens is 326 g/mol. The first-order valence-corrected chi connectivity index (χ1v) is 9.23. The Morgan fingerprint density at radius 2 is 1.62 bits per heavy atom. The van der Waals surface area contributed by atoms with E-state index in [4.69, 9.17) is 4.74 Å². The fraction of sp³-hybridized carbons (Fsp3) is 0.278. The molecule has 0 fully saturated rings. The van der Waals surface area contributed by atoms with Crippen LogP contribution in [0.4, 0.5) is 0 Å². The number of carbonyl (C=O) groups is 1. The normalized spacial score (nSPS) is 11.5. The maximum atomic E-state index is 12.1. The van der Waals surface area contributed by atoms with Gasteiger partial charge in [0, 0.05) is 6.04 Å². The smallest absolute Gasteiger partial charge is 0.343 e. The van der Waals surface area contributed by atoms with Gasteiger partial charge in [-0.25, -0.2) is 17.9 Å². The van der Waals surface area contributed by atoms with Gasteiger partial charge in [-0.2, -0.15) is 0 Å². The molecule has 0 saturated carbocycles. The monoisotopic (exact) mass is 347 g/mol. The van der Waals surface area contributed by atoms with Crippen molar-refractivity contribution >= 4 is 16.0 Å². The highest BCUT2D eigenvalue weighted by atomic mass is 32.2. The molecule has 2 aromatic carbocycles. The molecule has 0 radical (unpaired) electrons. The summed E-state index contributed by atoms with van der Waals surface area (Å²) < 4.78 is 31.9. The molecule has 6 heteroatoms. The summed E-state index contributed by atoms with van der Waals surface area (Å²) in [4.78, 5) is 12.2. The van der Waals surface area contributed by atoms with Gasteiger partial charge in [0.25, 0.3) is 0 Å². The molecule has 2 rings (SSSR count). The van der Waals surface area contributed by atoms with E-state index >= 15 is 0 Å². The summed E-state index contributed by atoms with van der Waals surface area (Å²) >= 11 is 0. The van der Waals surface area contributed by atoms with Crippen molar-refractivity contribution < 1.29 is 17.9 Å². The minimum atomic E-state index is -3.57. The van der Waals surface area contributed by atoms with Gasteiger partial charge >= 0.3 is 5.97 Å². The molecular formula is C18H21NO4S. The Labute approximate surface area is 142 Å². The minimum Gasteiger partial charge on any atom is -0.423 e. The fourth-order valence-electron chi connectivity index (χ4n) is 2.11. The topological polar surface area (TPSA) is 72.5 Å². The number of sulfonamides is 1. The number of rotatable bonds is 6. The van der Waals surface area contributed by atoms with Crippen LogP contribution in [0.25, 0.3) is 0 Å². The van der Waals surface area contributed by atoms with Gasteiger partial charge in [0.1, 0.15) is 5.75 Å². The van der Waals surface area contributed by atoms with Crippen LogP contribution >= 0.6 is 0 Å². The van der Waals surface area contributed by atoms with Gasteiger partial charge in [0.2, 0.25) is 10.0 Å². The van der Waals surface area contributed by atoms with Crippen LogP contribution in [0.2, 0.25) is 0 Å². The minimum absolute atomic E-state index is 0.111. The third kappa shape index (κ3) is 4.66. The Kier molecular flexibility index (Phi) is 5.75. The second kappa shape index (κ2) is 7.59. The highest BCUT2D eigenvalue weighted by Crippen LogP contribution is 2.16. The molecule has 1 N–H and O–H groups in total. The Morgan fingerprint density at radius 3 is 2.12 bits per heavy atom. The van der Waals surface area contributed by atoms with Crippen molar-refractivity contribution in [3.8, 4) is 5.75 Å². The second-order valence-corrected chi connectivity index (χ2v) is 7.40. The first kappa shape index (κ1) is 18.2. The second-order valence-electron chi connectivity index (χ2n) is 5.69. The average Bonchev–Trinajstić information content (AvgIpc) is 2.54. The van der Waals surface area contributed by atoms with E-state index in [2.05, 4.69) is 4.72 Å². The van der Waals surface area contributed by atoms with Crippen molar-refractivity contribution in [3.05, 3.63) is 59.7 Å². The lowest BCUT2D eigenvalue weighted by molar-refractivity contribution is 0.0734. The lowest BCUT2D eigenvalue weighted by Gasteiger charge is -2.10. The van der Waals surface area contributed by atoms with Crippen molar-refractivity contribution in [1.82, 2.24) is 4.72 Å². The summed E-state index contributed by atoms with van der Waals surface area (Å²) in [5.74, 6) is -0.0737. The molecule has 0 aliphatic carbocycles. The van der Waals surface area contributed by atoms with Crippen LogP contribution in [0.3, 0.4) is 0 Å². The van der Waals surface area contributed by atoms with Crippen LogP contribution in [-0.4, -0.2) is 20.4 Å². The van der Waals surface area contributed by atoms with Gasteiger partial charge in [-0.1, -0.05) is 19.1 Å². The summed E-state index contributed by atoms with van der Waals surface area (Å²) in [6, 6.07) is 12.7. The van der Waals surface area contributed by atoms with Crippen LogP contribution in [0.15, 0.2) is 53.4 Å². The number of hydrogen-bond acceptors (Lipinski definition) is 4. The SMILES string of the molecule is CCc1ccc(OC(=O)c2ccc(S(=O)(=O)NC(C)C)cc2)cc1. The van der Waals surface area contributed by atoms with Crippen molar-refractivity contribution in [1.29, 1.82) is 0 Å². The molecule has 128 valence electrons. The molecule has 0 heterocycles. The quantitative estimate of drug-likeness (QED) is 0.643. The number of esters is 1. The van der Waals surface area contributed by atoms with Crippen LogP contribution in [-0.2, 0) is 16.4 Å². The van der Waals surface area contributed by atoms with Crippen molar-refractivity contribution in [2.24, 2.45) is 0 Å². The zero-order valence-corrected chi connectivity index (χ0v) is 14.8. The van der Waals surface area contributed by atoms with Crippen LogP contribution in [0.1, 0.15) is 36.7 Å². The fourth-order valence-corrected chi connectivity index (χ4v) is 3.36. The van der Waals surface area contributed by atoms with Crippen LogP contribution in [0, 0.1) is 0 Å². The molecule has 0 amide bonds. The van der Waals surface area contributed by atoms with Gasteiger partial charge in [-0.3, -0.25) is 0 Å². The summed E-state index contributed by atoms with van der Waals surface area (Å²) in [7, 11) is -3.57. The van der Waals surface area contributed by atoms with E-state index in [1.807, 2.05) is 19.1 Å². The molecule has 0 spiro atoms. The number of ether oxygens (including phenoxy) is 1. The summed E-state index contributed by atoms with van der Waals surface area (Å²) in [5, 5.41) is 0. The van der Waals surface area contributed by atoms with E-state index in [0.717, 1.165) is 12.0 Å². The predicted octanol–water partition coefficient (Wildman–Crippen LogP) is 3.15. The lowest BCUT2D eigenvalue weighted by Crippen LogP contribution is -2.30. The predicted molar refractivity (Wildman–Crippen MR) is 92.7 cm³/mol. The van der Waals surface area contributed by atoms with Gasteiger partial charge in [-0.15, -0.1) is 0 Å². The van der Waals surface area contributed by atoms with Gasteiger partial charge in [-0.05, 0) is 62.2 Å². The third-order valence-corrected chi connectivity index (χ3v) is 5.01. The number of nitrogens with one attached hydrogen (secondary N) is 1. The Balaban J connectivity index is 2.10. The van der Waals surface area contributed by atoms with E-state index in [1.54, 1.807) is 26.0 Å². The van der Waals surface area contributed by atoms with Gasteiger partial charge < -0.3 is 4.74 Å². The summed E-state index contributed by atoms with van der Waals surface area (Å²) in [6.07, 6.45) is 0.911. The van der Waals surface area contributed by atoms with Crippen molar-refractivity contribution in [3.63, 3.8) is 0 Å². The van der Waals surface area contributed by atoms with E-state index < -0.39 is 16.0 Å². The van der Waals surface area contributed by atoms with E-state index in [0.29, 0.717) is 5.75 Å².